The average molecular weight is 423 g/mol. The second-order valence-electron chi connectivity index (χ2n) is 5.54. The number of aryl methyl sites for hydroxylation is 1. The van der Waals surface area contributed by atoms with E-state index in [-0.39, 0.29) is 22.2 Å². The van der Waals surface area contributed by atoms with Crippen LogP contribution in [0.5, 0.6) is 0 Å². The molecule has 0 radical (unpaired) electrons. The van der Waals surface area contributed by atoms with Gasteiger partial charge in [-0.15, -0.1) is 21.5 Å². The van der Waals surface area contributed by atoms with Crippen LogP contribution in [0.15, 0.2) is 16.3 Å². The quantitative estimate of drug-likeness (QED) is 0.442. The van der Waals surface area contributed by atoms with Crippen molar-refractivity contribution in [3.05, 3.63) is 32.9 Å². The number of aromatic amines is 1. The van der Waals surface area contributed by atoms with Crippen LogP contribution in [0, 0.1) is 0 Å². The fraction of sp³-hybridized carbons (Fsp3) is 0.375. The minimum absolute atomic E-state index is 0.163. The zero-order chi connectivity index (χ0) is 20.3. The van der Waals surface area contributed by atoms with Gasteiger partial charge in [-0.05, 0) is 6.92 Å². The fourth-order valence-corrected chi connectivity index (χ4v) is 4.51. The lowest BCUT2D eigenvalue weighted by Crippen LogP contribution is -2.15. The Balaban J connectivity index is 1.99. The highest BCUT2D eigenvalue weighted by Gasteiger charge is 2.24. The van der Waals surface area contributed by atoms with Crippen LogP contribution in [0.2, 0.25) is 0 Å². The number of fused-ring (bicyclic) bond motifs is 1. The van der Waals surface area contributed by atoms with E-state index in [4.69, 9.17) is 4.74 Å². The Hall–Kier alpha value is -2.73. The van der Waals surface area contributed by atoms with Gasteiger partial charge < -0.3 is 19.0 Å². The molecule has 0 atom stereocenters. The molecule has 0 unspecified atom stereocenters. The molecule has 3 rings (SSSR count). The van der Waals surface area contributed by atoms with Crippen molar-refractivity contribution in [2.24, 2.45) is 0 Å². The highest BCUT2D eigenvalue weighted by atomic mass is 32.2. The van der Waals surface area contributed by atoms with E-state index < -0.39 is 17.5 Å². The summed E-state index contributed by atoms with van der Waals surface area (Å²) in [7, 11) is 2.47. The summed E-state index contributed by atoms with van der Waals surface area (Å²) in [5.41, 5.74) is -0.166. The molecule has 3 aromatic heterocycles. The largest absolute Gasteiger partial charge is 0.469 e. The molecule has 0 aliphatic heterocycles. The van der Waals surface area contributed by atoms with Crippen molar-refractivity contribution >= 4 is 45.3 Å². The van der Waals surface area contributed by atoms with E-state index in [9.17, 15) is 14.4 Å². The van der Waals surface area contributed by atoms with Crippen molar-refractivity contribution in [2.75, 3.05) is 14.2 Å². The van der Waals surface area contributed by atoms with E-state index in [1.54, 1.807) is 6.33 Å². The summed E-state index contributed by atoms with van der Waals surface area (Å²) >= 11 is 2.39. The lowest BCUT2D eigenvalue weighted by Gasteiger charge is -2.04. The Labute approximate surface area is 167 Å². The number of nitrogens with zero attached hydrogens (tertiary/aromatic N) is 4. The molecule has 0 aliphatic rings. The minimum Gasteiger partial charge on any atom is -0.469 e. The third kappa shape index (κ3) is 3.92. The molecule has 0 fully saturated rings. The average Bonchev–Trinajstić information content (AvgIpc) is 3.30. The number of carbonyl (C=O) groups is 2. The van der Waals surface area contributed by atoms with E-state index in [1.807, 2.05) is 11.5 Å². The summed E-state index contributed by atoms with van der Waals surface area (Å²) in [4.78, 5) is 44.2. The van der Waals surface area contributed by atoms with E-state index in [2.05, 4.69) is 24.9 Å². The molecule has 0 saturated carbocycles. The number of esters is 2. The van der Waals surface area contributed by atoms with Crippen molar-refractivity contribution in [1.82, 2.24) is 24.7 Å². The molecule has 3 heterocycles. The third-order valence-corrected chi connectivity index (χ3v) is 5.99. The van der Waals surface area contributed by atoms with Crippen molar-refractivity contribution in [3.8, 4) is 0 Å². The number of ether oxygens (including phenoxy) is 2. The predicted molar refractivity (Wildman–Crippen MR) is 103 cm³/mol. The maximum absolute atomic E-state index is 12.7. The standard InChI is InChI=1S/C16H17N5O5S2/c1-4-21-7-17-20-16(21)27-6-9-18-13(23)11-8(5-10(22)25-2)12(15(24)26-3)28-14(11)19-9/h7H,4-6H2,1-3H3,(H,18,19,23). The number of methoxy groups -OCH3 is 2. The summed E-state index contributed by atoms with van der Waals surface area (Å²) in [6.07, 6.45) is 1.40. The van der Waals surface area contributed by atoms with Crippen LogP contribution in [0.25, 0.3) is 10.2 Å². The Morgan fingerprint density at radius 1 is 1.32 bits per heavy atom. The Kier molecular flexibility index (Phi) is 6.09. The predicted octanol–water partition coefficient (Wildman–Crippen LogP) is 1.39. The number of hydrogen-bond donors (Lipinski definition) is 1. The topological polar surface area (TPSA) is 129 Å². The number of thiophene rings is 1. The van der Waals surface area contributed by atoms with Gasteiger partial charge in [0.05, 0.1) is 31.8 Å². The van der Waals surface area contributed by atoms with Crippen LogP contribution < -0.4 is 5.56 Å². The highest BCUT2D eigenvalue weighted by Crippen LogP contribution is 2.30. The lowest BCUT2D eigenvalue weighted by atomic mass is 10.1. The molecule has 148 valence electrons. The first-order valence-electron chi connectivity index (χ1n) is 8.18. The number of hydrogen-bond acceptors (Lipinski definition) is 10. The smallest absolute Gasteiger partial charge is 0.348 e. The van der Waals surface area contributed by atoms with Gasteiger partial charge in [0.2, 0.25) is 0 Å². The monoisotopic (exact) mass is 423 g/mol. The van der Waals surface area contributed by atoms with E-state index in [1.165, 1.54) is 26.0 Å². The Bertz CT molecular complexity index is 1090. The summed E-state index contributed by atoms with van der Waals surface area (Å²) in [6, 6.07) is 0. The fourth-order valence-electron chi connectivity index (χ4n) is 2.53. The van der Waals surface area contributed by atoms with Crippen molar-refractivity contribution in [1.29, 1.82) is 0 Å². The molecule has 0 aromatic carbocycles. The van der Waals surface area contributed by atoms with Crippen LogP contribution >= 0.6 is 23.1 Å². The minimum atomic E-state index is -0.631. The molecule has 0 spiro atoms. The molecule has 0 amide bonds. The van der Waals surface area contributed by atoms with Crippen LogP contribution in [0.4, 0.5) is 0 Å². The summed E-state index contributed by atoms with van der Waals surface area (Å²) in [6.45, 7) is 2.70. The summed E-state index contributed by atoms with van der Waals surface area (Å²) < 4.78 is 11.3. The first kappa shape index (κ1) is 20.0. The molecule has 0 aliphatic carbocycles. The first-order chi connectivity index (χ1) is 13.5. The number of thioether (sulfide) groups is 1. The van der Waals surface area contributed by atoms with Crippen LogP contribution in [-0.4, -0.2) is 50.9 Å². The maximum Gasteiger partial charge on any atom is 0.348 e. The molecule has 10 nitrogen and oxygen atoms in total. The zero-order valence-corrected chi connectivity index (χ0v) is 17.0. The highest BCUT2D eigenvalue weighted by molar-refractivity contribution is 7.98. The Morgan fingerprint density at radius 3 is 2.79 bits per heavy atom. The SMILES string of the molecule is CCn1cnnc1SCc1nc2sc(C(=O)OC)c(CC(=O)OC)c2c(=O)[nH]1. The molecule has 1 N–H and O–H groups in total. The molecule has 28 heavy (non-hydrogen) atoms. The van der Waals surface area contributed by atoms with Crippen molar-refractivity contribution in [2.45, 2.75) is 30.8 Å². The van der Waals surface area contributed by atoms with Crippen molar-refractivity contribution < 1.29 is 19.1 Å². The van der Waals surface area contributed by atoms with Crippen LogP contribution in [0.1, 0.15) is 28.0 Å². The van der Waals surface area contributed by atoms with Gasteiger partial charge in [-0.1, -0.05) is 11.8 Å². The van der Waals surface area contributed by atoms with Gasteiger partial charge in [-0.25, -0.2) is 9.78 Å². The summed E-state index contributed by atoms with van der Waals surface area (Å²) in [5, 5.41) is 8.79. The van der Waals surface area contributed by atoms with E-state index >= 15 is 0 Å². The van der Waals surface area contributed by atoms with E-state index in [0.29, 0.717) is 21.6 Å². The zero-order valence-electron chi connectivity index (χ0n) is 15.3. The Morgan fingerprint density at radius 2 is 2.11 bits per heavy atom. The maximum atomic E-state index is 12.7. The molecule has 3 aromatic rings. The summed E-state index contributed by atoms with van der Waals surface area (Å²) in [5.74, 6) is -0.409. The van der Waals surface area contributed by atoms with Gasteiger partial charge in [-0.2, -0.15) is 0 Å². The number of aromatic nitrogens is 5. The van der Waals surface area contributed by atoms with Gasteiger partial charge >= 0.3 is 11.9 Å². The van der Waals surface area contributed by atoms with Gasteiger partial charge in [0.25, 0.3) is 5.56 Å². The first-order valence-corrected chi connectivity index (χ1v) is 9.99. The lowest BCUT2D eigenvalue weighted by molar-refractivity contribution is -0.139. The van der Waals surface area contributed by atoms with Crippen molar-refractivity contribution in [3.63, 3.8) is 0 Å². The molecule has 0 bridgehead atoms. The normalized spacial score (nSPS) is 11.0. The second kappa shape index (κ2) is 8.52. The van der Waals surface area contributed by atoms with Gasteiger partial charge in [0.15, 0.2) is 5.16 Å². The molecular formula is C16H17N5O5S2. The number of rotatable bonds is 7. The molecular weight excluding hydrogens is 406 g/mol. The second-order valence-corrected chi connectivity index (χ2v) is 7.48. The molecule has 0 saturated heterocycles. The number of nitrogens with one attached hydrogen (secondary N) is 1. The van der Waals surface area contributed by atoms with Crippen LogP contribution in [0.3, 0.4) is 0 Å². The van der Waals surface area contributed by atoms with Gasteiger partial charge in [-0.3, -0.25) is 9.59 Å². The van der Waals surface area contributed by atoms with Gasteiger partial charge in [0.1, 0.15) is 21.9 Å². The third-order valence-electron chi connectivity index (χ3n) is 3.89. The number of carbonyl (C=O) groups excluding carboxylic acids is 2. The number of H-pyrrole nitrogens is 1. The molecule has 12 heteroatoms. The van der Waals surface area contributed by atoms with Crippen LogP contribution in [-0.2, 0) is 33.0 Å². The van der Waals surface area contributed by atoms with E-state index in [0.717, 1.165) is 17.9 Å². The van der Waals surface area contributed by atoms with Gasteiger partial charge in [0, 0.05) is 12.1 Å².